The molecule has 0 aliphatic heterocycles. The van der Waals surface area contributed by atoms with Crippen LogP contribution in [0.4, 0.5) is 17.2 Å². The van der Waals surface area contributed by atoms with E-state index in [2.05, 4.69) is 64.5 Å². The number of aromatic nitrogens is 2. The summed E-state index contributed by atoms with van der Waals surface area (Å²) < 4.78 is 0. The first-order chi connectivity index (χ1) is 14.0. The molecule has 1 amide bonds. The van der Waals surface area contributed by atoms with E-state index in [4.69, 9.17) is 0 Å². The standard InChI is InChI=1S/C23H33N5O/c1-5-28(6-2)19-12-13-20(16(3)14-19)27-22-15-21(24-17(4)25-22)23(29)26-18-10-8-7-9-11-18/h12-15,18H,5-11H2,1-4H3,(H,26,29)(H,24,25,27). The first kappa shape index (κ1) is 21.1. The number of benzene rings is 1. The van der Waals surface area contributed by atoms with Gasteiger partial charge in [0, 0.05) is 36.6 Å². The maximum absolute atomic E-state index is 12.7. The summed E-state index contributed by atoms with van der Waals surface area (Å²) in [6.07, 6.45) is 5.74. The predicted octanol–water partition coefficient (Wildman–Crippen LogP) is 4.75. The average molecular weight is 396 g/mol. The summed E-state index contributed by atoms with van der Waals surface area (Å²) in [5.41, 5.74) is 3.75. The third-order valence-corrected chi connectivity index (χ3v) is 5.61. The van der Waals surface area contributed by atoms with Crippen LogP contribution >= 0.6 is 0 Å². The topological polar surface area (TPSA) is 70.2 Å². The number of rotatable bonds is 7. The first-order valence-corrected chi connectivity index (χ1v) is 10.8. The number of anilines is 3. The van der Waals surface area contributed by atoms with Gasteiger partial charge in [-0.05, 0) is 64.3 Å². The molecule has 6 heteroatoms. The van der Waals surface area contributed by atoms with Crippen molar-refractivity contribution in [1.29, 1.82) is 0 Å². The summed E-state index contributed by atoms with van der Waals surface area (Å²) in [5, 5.41) is 6.50. The molecular formula is C23H33N5O. The SMILES string of the molecule is CCN(CC)c1ccc(Nc2cc(C(=O)NC3CCCCC3)nc(C)n2)c(C)c1. The van der Waals surface area contributed by atoms with E-state index in [0.717, 1.165) is 37.2 Å². The summed E-state index contributed by atoms with van der Waals surface area (Å²) in [7, 11) is 0. The number of hydrogen-bond acceptors (Lipinski definition) is 5. The van der Waals surface area contributed by atoms with Gasteiger partial charge in [-0.15, -0.1) is 0 Å². The zero-order valence-corrected chi connectivity index (χ0v) is 18.1. The van der Waals surface area contributed by atoms with E-state index in [1.807, 2.05) is 6.92 Å². The minimum absolute atomic E-state index is 0.112. The van der Waals surface area contributed by atoms with E-state index in [1.165, 1.54) is 24.9 Å². The molecule has 1 fully saturated rings. The molecule has 0 unspecified atom stereocenters. The van der Waals surface area contributed by atoms with Crippen LogP contribution in [0.1, 0.15) is 67.8 Å². The van der Waals surface area contributed by atoms with Crippen LogP contribution < -0.4 is 15.5 Å². The molecule has 1 aromatic carbocycles. The Kier molecular flexibility index (Phi) is 7.07. The first-order valence-electron chi connectivity index (χ1n) is 10.8. The molecule has 6 nitrogen and oxygen atoms in total. The van der Waals surface area contributed by atoms with Gasteiger partial charge < -0.3 is 15.5 Å². The lowest BCUT2D eigenvalue weighted by molar-refractivity contribution is 0.0922. The van der Waals surface area contributed by atoms with Crippen LogP contribution in [0.2, 0.25) is 0 Å². The molecular weight excluding hydrogens is 362 g/mol. The van der Waals surface area contributed by atoms with Crippen molar-refractivity contribution in [3.63, 3.8) is 0 Å². The molecule has 2 aromatic rings. The molecule has 29 heavy (non-hydrogen) atoms. The van der Waals surface area contributed by atoms with Crippen LogP contribution in [-0.2, 0) is 0 Å². The second-order valence-corrected chi connectivity index (χ2v) is 7.79. The molecule has 1 aromatic heterocycles. The van der Waals surface area contributed by atoms with Crippen LogP contribution in [0.3, 0.4) is 0 Å². The quantitative estimate of drug-likeness (QED) is 0.708. The zero-order chi connectivity index (χ0) is 20.8. The van der Waals surface area contributed by atoms with Gasteiger partial charge in [0.05, 0.1) is 0 Å². The third kappa shape index (κ3) is 5.46. The van der Waals surface area contributed by atoms with Gasteiger partial charge in [0.15, 0.2) is 0 Å². The molecule has 3 rings (SSSR count). The summed E-state index contributed by atoms with van der Waals surface area (Å²) >= 11 is 0. The zero-order valence-electron chi connectivity index (χ0n) is 18.1. The van der Waals surface area contributed by atoms with Crippen molar-refractivity contribution in [3.05, 3.63) is 41.3 Å². The lowest BCUT2D eigenvalue weighted by Gasteiger charge is -2.23. The van der Waals surface area contributed by atoms with E-state index in [-0.39, 0.29) is 11.9 Å². The number of nitrogens with zero attached hydrogens (tertiary/aromatic N) is 3. The second kappa shape index (κ2) is 9.72. The molecule has 0 bridgehead atoms. The van der Waals surface area contributed by atoms with Crippen LogP contribution in [0.5, 0.6) is 0 Å². The van der Waals surface area contributed by atoms with Crippen molar-refractivity contribution >= 4 is 23.1 Å². The van der Waals surface area contributed by atoms with Gasteiger partial charge in [0.2, 0.25) is 0 Å². The van der Waals surface area contributed by atoms with Crippen molar-refractivity contribution in [2.45, 2.75) is 65.8 Å². The number of carbonyl (C=O) groups excluding carboxylic acids is 1. The Hall–Kier alpha value is -2.63. The molecule has 0 spiro atoms. The summed E-state index contributed by atoms with van der Waals surface area (Å²) in [5.74, 6) is 1.12. The maximum Gasteiger partial charge on any atom is 0.270 e. The Morgan fingerprint density at radius 2 is 1.79 bits per heavy atom. The fourth-order valence-corrected chi connectivity index (χ4v) is 3.97. The van der Waals surface area contributed by atoms with Gasteiger partial charge in [0.1, 0.15) is 17.3 Å². The van der Waals surface area contributed by atoms with E-state index in [9.17, 15) is 4.79 Å². The van der Waals surface area contributed by atoms with Gasteiger partial charge in [-0.3, -0.25) is 4.79 Å². The van der Waals surface area contributed by atoms with E-state index in [0.29, 0.717) is 17.3 Å². The lowest BCUT2D eigenvalue weighted by atomic mass is 9.95. The Morgan fingerprint density at radius 1 is 1.07 bits per heavy atom. The maximum atomic E-state index is 12.7. The Labute approximate surface area is 174 Å². The molecule has 0 saturated heterocycles. The highest BCUT2D eigenvalue weighted by atomic mass is 16.1. The minimum Gasteiger partial charge on any atom is -0.372 e. The smallest absolute Gasteiger partial charge is 0.270 e. The van der Waals surface area contributed by atoms with Crippen LogP contribution in [0.25, 0.3) is 0 Å². The molecule has 0 atom stereocenters. The number of nitrogens with one attached hydrogen (secondary N) is 2. The van der Waals surface area contributed by atoms with Gasteiger partial charge in [-0.25, -0.2) is 9.97 Å². The van der Waals surface area contributed by atoms with E-state index < -0.39 is 0 Å². The Morgan fingerprint density at radius 3 is 2.45 bits per heavy atom. The van der Waals surface area contributed by atoms with Crippen molar-refractivity contribution in [1.82, 2.24) is 15.3 Å². The lowest BCUT2D eigenvalue weighted by Crippen LogP contribution is -2.36. The molecule has 1 saturated carbocycles. The van der Waals surface area contributed by atoms with Crippen molar-refractivity contribution in [2.75, 3.05) is 23.3 Å². The Bertz CT molecular complexity index is 841. The fourth-order valence-electron chi connectivity index (χ4n) is 3.97. The summed E-state index contributed by atoms with van der Waals surface area (Å²) in [4.78, 5) is 23.8. The number of aryl methyl sites for hydroxylation is 2. The molecule has 1 aliphatic carbocycles. The highest BCUT2D eigenvalue weighted by Gasteiger charge is 2.18. The van der Waals surface area contributed by atoms with Crippen molar-refractivity contribution in [3.8, 4) is 0 Å². The van der Waals surface area contributed by atoms with E-state index in [1.54, 1.807) is 6.07 Å². The summed E-state index contributed by atoms with van der Waals surface area (Å²) in [6.45, 7) is 10.2. The second-order valence-electron chi connectivity index (χ2n) is 7.79. The van der Waals surface area contributed by atoms with Crippen molar-refractivity contribution in [2.24, 2.45) is 0 Å². The monoisotopic (exact) mass is 395 g/mol. The van der Waals surface area contributed by atoms with Gasteiger partial charge in [-0.2, -0.15) is 0 Å². The van der Waals surface area contributed by atoms with Gasteiger partial charge >= 0.3 is 0 Å². The largest absolute Gasteiger partial charge is 0.372 e. The van der Waals surface area contributed by atoms with Gasteiger partial charge in [-0.1, -0.05) is 19.3 Å². The Balaban J connectivity index is 1.75. The molecule has 1 aliphatic rings. The van der Waals surface area contributed by atoms with Crippen LogP contribution in [-0.4, -0.2) is 35.0 Å². The highest BCUT2D eigenvalue weighted by molar-refractivity contribution is 5.93. The highest BCUT2D eigenvalue weighted by Crippen LogP contribution is 2.25. The fraction of sp³-hybridized carbons (Fsp3) is 0.522. The van der Waals surface area contributed by atoms with Crippen LogP contribution in [0, 0.1) is 13.8 Å². The summed E-state index contributed by atoms with van der Waals surface area (Å²) in [6, 6.07) is 8.37. The number of hydrogen-bond donors (Lipinski definition) is 2. The average Bonchev–Trinajstić information content (AvgIpc) is 2.71. The minimum atomic E-state index is -0.112. The van der Waals surface area contributed by atoms with Gasteiger partial charge in [0.25, 0.3) is 5.91 Å². The van der Waals surface area contributed by atoms with E-state index >= 15 is 0 Å². The van der Waals surface area contributed by atoms with Crippen molar-refractivity contribution < 1.29 is 4.79 Å². The van der Waals surface area contributed by atoms with Crippen LogP contribution in [0.15, 0.2) is 24.3 Å². The third-order valence-electron chi connectivity index (χ3n) is 5.61. The number of amides is 1. The molecule has 2 N–H and O–H groups in total. The predicted molar refractivity (Wildman–Crippen MR) is 119 cm³/mol. The number of carbonyl (C=O) groups is 1. The molecule has 1 heterocycles. The molecule has 156 valence electrons. The molecule has 0 radical (unpaired) electrons. The normalized spacial score (nSPS) is 14.5.